The van der Waals surface area contributed by atoms with Crippen LogP contribution in [0.4, 0.5) is 0 Å². The Balaban J connectivity index is 2.07. The van der Waals surface area contributed by atoms with E-state index in [0.717, 1.165) is 5.56 Å². The summed E-state index contributed by atoms with van der Waals surface area (Å²) in [6, 6.07) is 12.7. The van der Waals surface area contributed by atoms with Crippen LogP contribution in [0, 0.1) is 0 Å². The Labute approximate surface area is 152 Å². The Morgan fingerprint density at radius 1 is 1.16 bits per heavy atom. The van der Waals surface area contributed by atoms with Crippen molar-refractivity contribution in [3.8, 4) is 0 Å². The molecule has 0 aliphatic carbocycles. The highest BCUT2D eigenvalue weighted by atomic mass is 35.5. The molecule has 2 rings (SSSR count). The van der Waals surface area contributed by atoms with Crippen LogP contribution in [-0.2, 0) is 10.0 Å². The van der Waals surface area contributed by atoms with Gasteiger partial charge in [-0.2, -0.15) is 0 Å². The first-order valence-electron chi connectivity index (χ1n) is 7.60. The van der Waals surface area contributed by atoms with Gasteiger partial charge >= 0.3 is 0 Å². The maximum absolute atomic E-state index is 12.3. The quantitative estimate of drug-likeness (QED) is 0.726. The molecule has 1 atom stereocenters. The van der Waals surface area contributed by atoms with Crippen LogP contribution in [0.2, 0.25) is 5.02 Å². The van der Waals surface area contributed by atoms with Crippen LogP contribution in [0.1, 0.15) is 28.9 Å². The topological polar surface area (TPSA) is 75.3 Å². The zero-order chi connectivity index (χ0) is 18.4. The summed E-state index contributed by atoms with van der Waals surface area (Å²) in [6.07, 6.45) is 1.46. The van der Waals surface area contributed by atoms with Gasteiger partial charge in [-0.3, -0.25) is 4.79 Å². The summed E-state index contributed by atoms with van der Waals surface area (Å²) < 4.78 is 26.4. The van der Waals surface area contributed by atoms with Crippen molar-refractivity contribution in [2.45, 2.75) is 17.9 Å². The summed E-state index contributed by atoms with van der Waals surface area (Å²) in [7, 11) is -3.60. The molecule has 0 aliphatic heterocycles. The van der Waals surface area contributed by atoms with Crippen molar-refractivity contribution in [1.29, 1.82) is 0 Å². The third-order valence-corrected chi connectivity index (χ3v) is 5.25. The van der Waals surface area contributed by atoms with Gasteiger partial charge in [0.25, 0.3) is 5.91 Å². The van der Waals surface area contributed by atoms with Gasteiger partial charge in [-0.25, -0.2) is 13.1 Å². The number of sulfonamides is 1. The van der Waals surface area contributed by atoms with E-state index in [1.54, 1.807) is 12.1 Å². The second-order valence-corrected chi connectivity index (χ2v) is 7.62. The molecule has 132 valence electrons. The van der Waals surface area contributed by atoms with Crippen molar-refractivity contribution in [3.05, 3.63) is 77.3 Å². The minimum Gasteiger partial charge on any atom is -0.346 e. The van der Waals surface area contributed by atoms with Crippen LogP contribution >= 0.6 is 11.6 Å². The highest BCUT2D eigenvalue weighted by Gasteiger charge is 2.15. The third-order valence-electron chi connectivity index (χ3n) is 3.56. The molecule has 0 heterocycles. The Morgan fingerprint density at radius 2 is 1.76 bits per heavy atom. The van der Waals surface area contributed by atoms with E-state index in [2.05, 4.69) is 16.6 Å². The van der Waals surface area contributed by atoms with Crippen LogP contribution in [0.15, 0.2) is 66.1 Å². The molecule has 0 spiro atoms. The van der Waals surface area contributed by atoms with E-state index in [0.29, 0.717) is 10.6 Å². The molecule has 2 aromatic rings. The number of carbonyl (C=O) groups excluding carboxylic acids is 1. The van der Waals surface area contributed by atoms with Crippen molar-refractivity contribution < 1.29 is 13.2 Å². The summed E-state index contributed by atoms with van der Waals surface area (Å²) in [6.45, 7) is 5.47. The number of amides is 1. The Bertz CT molecular complexity index is 847. The molecule has 1 unspecified atom stereocenters. The molecule has 0 saturated heterocycles. The number of hydrogen-bond donors (Lipinski definition) is 2. The SMILES string of the molecule is C=CCNS(=O)(=O)c1ccc(C(=O)NC(C)c2ccc(Cl)cc2)cc1. The molecule has 0 aliphatic rings. The van der Waals surface area contributed by atoms with Gasteiger partial charge in [0.1, 0.15) is 0 Å². The van der Waals surface area contributed by atoms with Gasteiger partial charge in [0.15, 0.2) is 0 Å². The average molecular weight is 379 g/mol. The summed E-state index contributed by atoms with van der Waals surface area (Å²) in [5.74, 6) is -0.287. The van der Waals surface area contributed by atoms with Crippen molar-refractivity contribution in [2.24, 2.45) is 0 Å². The van der Waals surface area contributed by atoms with Crippen LogP contribution < -0.4 is 10.0 Å². The lowest BCUT2D eigenvalue weighted by atomic mass is 10.1. The highest BCUT2D eigenvalue weighted by Crippen LogP contribution is 2.17. The first-order valence-corrected chi connectivity index (χ1v) is 9.46. The number of rotatable bonds is 7. The zero-order valence-electron chi connectivity index (χ0n) is 13.7. The van der Waals surface area contributed by atoms with Gasteiger partial charge in [-0.1, -0.05) is 29.8 Å². The Kier molecular flexibility index (Phi) is 6.36. The lowest BCUT2D eigenvalue weighted by molar-refractivity contribution is 0.0940. The van der Waals surface area contributed by atoms with Gasteiger partial charge < -0.3 is 5.32 Å². The fraction of sp³-hybridized carbons (Fsp3) is 0.167. The molecule has 0 saturated carbocycles. The number of hydrogen-bond acceptors (Lipinski definition) is 3. The van der Waals surface area contributed by atoms with Gasteiger partial charge in [0.2, 0.25) is 10.0 Å². The van der Waals surface area contributed by atoms with Crippen LogP contribution in [-0.4, -0.2) is 20.9 Å². The second-order valence-electron chi connectivity index (χ2n) is 5.41. The summed E-state index contributed by atoms with van der Waals surface area (Å²) in [5.41, 5.74) is 1.30. The molecular formula is C18H19ClN2O3S. The predicted octanol–water partition coefficient (Wildman–Crippen LogP) is 3.30. The van der Waals surface area contributed by atoms with Crippen LogP contribution in [0.3, 0.4) is 0 Å². The minimum atomic E-state index is -3.60. The van der Waals surface area contributed by atoms with E-state index in [1.165, 1.54) is 30.3 Å². The molecule has 0 bridgehead atoms. The summed E-state index contributed by atoms with van der Waals surface area (Å²) in [4.78, 5) is 12.4. The maximum atomic E-state index is 12.3. The normalized spacial score (nSPS) is 12.4. The van der Waals surface area contributed by atoms with Gasteiger partial charge in [-0.15, -0.1) is 6.58 Å². The zero-order valence-corrected chi connectivity index (χ0v) is 15.3. The predicted molar refractivity (Wildman–Crippen MR) is 99.2 cm³/mol. The van der Waals surface area contributed by atoms with Crippen LogP contribution in [0.25, 0.3) is 0 Å². The molecule has 5 nitrogen and oxygen atoms in total. The number of nitrogens with one attached hydrogen (secondary N) is 2. The second kappa shape index (κ2) is 8.29. The highest BCUT2D eigenvalue weighted by molar-refractivity contribution is 7.89. The molecule has 0 fully saturated rings. The molecule has 1 amide bonds. The molecule has 2 N–H and O–H groups in total. The smallest absolute Gasteiger partial charge is 0.251 e. The number of benzene rings is 2. The first-order chi connectivity index (χ1) is 11.8. The van der Waals surface area contributed by atoms with Crippen molar-refractivity contribution >= 4 is 27.5 Å². The van der Waals surface area contributed by atoms with Crippen molar-refractivity contribution in [1.82, 2.24) is 10.0 Å². The van der Waals surface area contributed by atoms with Gasteiger partial charge in [-0.05, 0) is 48.9 Å². The maximum Gasteiger partial charge on any atom is 0.251 e. The monoisotopic (exact) mass is 378 g/mol. The van der Waals surface area contributed by atoms with Crippen molar-refractivity contribution in [2.75, 3.05) is 6.54 Å². The van der Waals surface area contributed by atoms with E-state index in [1.807, 2.05) is 19.1 Å². The van der Waals surface area contributed by atoms with Gasteiger partial charge in [0, 0.05) is 17.1 Å². The molecule has 7 heteroatoms. The van der Waals surface area contributed by atoms with Gasteiger partial charge in [0.05, 0.1) is 10.9 Å². The number of halogens is 1. The van der Waals surface area contributed by atoms with E-state index in [-0.39, 0.29) is 23.4 Å². The van der Waals surface area contributed by atoms with Crippen LogP contribution in [0.5, 0.6) is 0 Å². The van der Waals surface area contributed by atoms with E-state index in [4.69, 9.17) is 11.6 Å². The molecule has 0 aromatic heterocycles. The largest absolute Gasteiger partial charge is 0.346 e. The summed E-state index contributed by atoms with van der Waals surface area (Å²) >= 11 is 5.85. The standard InChI is InChI=1S/C18H19ClN2O3S/c1-3-12-20-25(23,24)17-10-6-15(7-11-17)18(22)21-13(2)14-4-8-16(19)9-5-14/h3-11,13,20H,1,12H2,2H3,(H,21,22). The fourth-order valence-corrected chi connectivity index (χ4v) is 3.28. The van der Waals surface area contributed by atoms with E-state index < -0.39 is 10.0 Å². The van der Waals surface area contributed by atoms with E-state index >= 15 is 0 Å². The molecular weight excluding hydrogens is 360 g/mol. The molecule has 0 radical (unpaired) electrons. The van der Waals surface area contributed by atoms with Crippen molar-refractivity contribution in [3.63, 3.8) is 0 Å². The Hall–Kier alpha value is -2.15. The first kappa shape index (κ1) is 19.2. The fourth-order valence-electron chi connectivity index (χ4n) is 2.15. The molecule has 25 heavy (non-hydrogen) atoms. The minimum absolute atomic E-state index is 0.0941. The lowest BCUT2D eigenvalue weighted by Gasteiger charge is -2.14. The summed E-state index contributed by atoms with van der Waals surface area (Å²) in [5, 5.41) is 3.49. The average Bonchev–Trinajstić information content (AvgIpc) is 2.60. The third kappa shape index (κ3) is 5.16. The number of carbonyl (C=O) groups is 1. The van der Waals surface area contributed by atoms with E-state index in [9.17, 15) is 13.2 Å². The lowest BCUT2D eigenvalue weighted by Crippen LogP contribution is -2.27. The molecule has 2 aromatic carbocycles. The Morgan fingerprint density at radius 3 is 2.32 bits per heavy atom.